The van der Waals surface area contributed by atoms with Gasteiger partial charge in [0.15, 0.2) is 0 Å². The molecule has 3 rings (SSSR count). The van der Waals surface area contributed by atoms with E-state index < -0.39 is 0 Å². The first kappa shape index (κ1) is 13.5. The van der Waals surface area contributed by atoms with Crippen LogP contribution in [-0.4, -0.2) is 24.0 Å². The molecule has 0 unspecified atom stereocenters. The quantitative estimate of drug-likeness (QED) is 0.852. The zero-order valence-electron chi connectivity index (χ0n) is 11.7. The van der Waals surface area contributed by atoms with Crippen molar-refractivity contribution in [1.29, 1.82) is 0 Å². The summed E-state index contributed by atoms with van der Waals surface area (Å²) in [6.45, 7) is 2.52. The van der Waals surface area contributed by atoms with Gasteiger partial charge in [0.1, 0.15) is 18.1 Å². The molecule has 1 amide bonds. The summed E-state index contributed by atoms with van der Waals surface area (Å²) in [6.07, 6.45) is 2.36. The van der Waals surface area contributed by atoms with Crippen LogP contribution in [0.4, 0.5) is 10.1 Å². The van der Waals surface area contributed by atoms with Crippen molar-refractivity contribution in [3.8, 4) is 5.88 Å². The molecule has 4 nitrogen and oxygen atoms in total. The summed E-state index contributed by atoms with van der Waals surface area (Å²) in [4.78, 5) is 17.6. The van der Waals surface area contributed by atoms with E-state index in [0.29, 0.717) is 31.1 Å². The number of rotatable bonds is 2. The zero-order valence-corrected chi connectivity index (χ0v) is 11.7. The van der Waals surface area contributed by atoms with Crippen molar-refractivity contribution in [2.24, 2.45) is 0 Å². The van der Waals surface area contributed by atoms with E-state index in [4.69, 9.17) is 4.74 Å². The Morgan fingerprint density at radius 1 is 1.33 bits per heavy atom. The minimum absolute atomic E-state index is 0.0275. The molecule has 0 atom stereocenters. The van der Waals surface area contributed by atoms with Gasteiger partial charge in [-0.1, -0.05) is 12.1 Å². The number of ether oxygens (including phenoxy) is 1. The van der Waals surface area contributed by atoms with Gasteiger partial charge in [-0.2, -0.15) is 0 Å². The SMILES string of the molecule is CC(=O)N1CCOc2ncc(Cc3ccc(F)cc3)cc21. The lowest BCUT2D eigenvalue weighted by Gasteiger charge is -2.28. The molecule has 2 aromatic rings. The van der Waals surface area contributed by atoms with Gasteiger partial charge in [-0.05, 0) is 35.7 Å². The van der Waals surface area contributed by atoms with E-state index in [1.54, 1.807) is 23.2 Å². The number of anilines is 1. The van der Waals surface area contributed by atoms with E-state index in [0.717, 1.165) is 11.1 Å². The number of pyridine rings is 1. The molecule has 0 fully saturated rings. The van der Waals surface area contributed by atoms with E-state index in [1.807, 2.05) is 6.07 Å². The van der Waals surface area contributed by atoms with Crippen LogP contribution in [0.5, 0.6) is 5.88 Å². The third-order valence-electron chi connectivity index (χ3n) is 3.43. The van der Waals surface area contributed by atoms with E-state index in [2.05, 4.69) is 4.98 Å². The highest BCUT2D eigenvalue weighted by Gasteiger charge is 2.22. The molecule has 1 aliphatic heterocycles. The van der Waals surface area contributed by atoms with Crippen molar-refractivity contribution < 1.29 is 13.9 Å². The summed E-state index contributed by atoms with van der Waals surface area (Å²) in [7, 11) is 0. The van der Waals surface area contributed by atoms with Crippen LogP contribution in [0.2, 0.25) is 0 Å². The van der Waals surface area contributed by atoms with Crippen molar-refractivity contribution in [2.45, 2.75) is 13.3 Å². The summed E-state index contributed by atoms with van der Waals surface area (Å²) in [5.74, 6) is 0.207. The second-order valence-corrected chi connectivity index (χ2v) is 4.99. The number of hydrogen-bond acceptors (Lipinski definition) is 3. The third kappa shape index (κ3) is 2.86. The number of aromatic nitrogens is 1. The number of benzene rings is 1. The van der Waals surface area contributed by atoms with Crippen molar-refractivity contribution in [1.82, 2.24) is 4.98 Å². The maximum atomic E-state index is 12.9. The van der Waals surface area contributed by atoms with Crippen LogP contribution in [0.3, 0.4) is 0 Å². The molecule has 0 aliphatic carbocycles. The number of carbonyl (C=O) groups excluding carboxylic acids is 1. The average molecular weight is 286 g/mol. The fourth-order valence-corrected chi connectivity index (χ4v) is 2.40. The Hall–Kier alpha value is -2.43. The fourth-order valence-electron chi connectivity index (χ4n) is 2.40. The van der Waals surface area contributed by atoms with Crippen LogP contribution in [0.1, 0.15) is 18.1 Å². The molecule has 0 bridgehead atoms. The largest absolute Gasteiger partial charge is 0.474 e. The number of carbonyl (C=O) groups is 1. The van der Waals surface area contributed by atoms with E-state index in [1.165, 1.54) is 19.1 Å². The van der Waals surface area contributed by atoms with Crippen LogP contribution >= 0.6 is 0 Å². The first-order valence-corrected chi connectivity index (χ1v) is 6.78. The summed E-state index contributed by atoms with van der Waals surface area (Å²) in [5.41, 5.74) is 2.65. The second kappa shape index (κ2) is 5.52. The van der Waals surface area contributed by atoms with Gasteiger partial charge in [0.05, 0.1) is 6.54 Å². The van der Waals surface area contributed by atoms with Crippen molar-refractivity contribution >= 4 is 11.6 Å². The number of amides is 1. The second-order valence-electron chi connectivity index (χ2n) is 4.99. The fraction of sp³-hybridized carbons (Fsp3) is 0.250. The Bertz CT molecular complexity index is 670. The predicted molar refractivity (Wildman–Crippen MR) is 77.0 cm³/mol. The highest BCUT2D eigenvalue weighted by Crippen LogP contribution is 2.30. The molecule has 21 heavy (non-hydrogen) atoms. The van der Waals surface area contributed by atoms with Crippen LogP contribution in [0.15, 0.2) is 36.5 Å². The van der Waals surface area contributed by atoms with Gasteiger partial charge in [0.2, 0.25) is 11.8 Å². The van der Waals surface area contributed by atoms with Crippen LogP contribution in [-0.2, 0) is 11.2 Å². The van der Waals surface area contributed by atoms with E-state index in [9.17, 15) is 9.18 Å². The van der Waals surface area contributed by atoms with E-state index >= 15 is 0 Å². The maximum Gasteiger partial charge on any atom is 0.238 e. The molecule has 1 aromatic heterocycles. The summed E-state index contributed by atoms with van der Waals surface area (Å²) in [6, 6.07) is 8.27. The third-order valence-corrected chi connectivity index (χ3v) is 3.43. The van der Waals surface area contributed by atoms with Crippen LogP contribution in [0, 0.1) is 5.82 Å². The molecule has 0 radical (unpaired) electrons. The molecule has 0 saturated heterocycles. The summed E-state index contributed by atoms with van der Waals surface area (Å²) >= 11 is 0. The van der Waals surface area contributed by atoms with E-state index in [-0.39, 0.29) is 11.7 Å². The minimum Gasteiger partial charge on any atom is -0.474 e. The van der Waals surface area contributed by atoms with Crippen molar-refractivity contribution in [3.63, 3.8) is 0 Å². The Morgan fingerprint density at radius 2 is 2.10 bits per heavy atom. The smallest absolute Gasteiger partial charge is 0.238 e. The van der Waals surface area contributed by atoms with Gasteiger partial charge >= 0.3 is 0 Å². The molecule has 108 valence electrons. The van der Waals surface area contributed by atoms with Gasteiger partial charge in [0.25, 0.3) is 0 Å². The molecule has 1 aromatic carbocycles. The maximum absolute atomic E-state index is 12.9. The number of halogens is 1. The summed E-state index contributed by atoms with van der Waals surface area (Å²) < 4.78 is 18.4. The summed E-state index contributed by atoms with van der Waals surface area (Å²) in [5, 5.41) is 0. The Kier molecular flexibility index (Phi) is 3.56. The lowest BCUT2D eigenvalue weighted by Crippen LogP contribution is -2.36. The molecular weight excluding hydrogens is 271 g/mol. The highest BCUT2D eigenvalue weighted by molar-refractivity contribution is 5.93. The molecule has 0 saturated carbocycles. The Balaban J connectivity index is 1.89. The molecule has 0 spiro atoms. The molecule has 1 aliphatic rings. The molecule has 2 heterocycles. The molecular formula is C16H15FN2O2. The standard InChI is InChI=1S/C16H15FN2O2/c1-11(20)19-6-7-21-16-15(19)9-13(10-18-16)8-12-2-4-14(17)5-3-12/h2-5,9-10H,6-8H2,1H3. The van der Waals surface area contributed by atoms with Crippen molar-refractivity contribution in [3.05, 3.63) is 53.5 Å². The Morgan fingerprint density at radius 3 is 2.81 bits per heavy atom. The van der Waals surface area contributed by atoms with Gasteiger partial charge in [-0.25, -0.2) is 9.37 Å². The lowest BCUT2D eigenvalue weighted by atomic mass is 10.1. The lowest BCUT2D eigenvalue weighted by molar-refractivity contribution is -0.116. The van der Waals surface area contributed by atoms with Crippen LogP contribution in [0.25, 0.3) is 0 Å². The minimum atomic E-state index is -0.251. The van der Waals surface area contributed by atoms with Gasteiger partial charge in [0, 0.05) is 13.1 Å². The molecule has 5 heteroatoms. The monoisotopic (exact) mass is 286 g/mol. The highest BCUT2D eigenvalue weighted by atomic mass is 19.1. The van der Waals surface area contributed by atoms with Gasteiger partial charge in [-0.15, -0.1) is 0 Å². The van der Waals surface area contributed by atoms with Crippen molar-refractivity contribution in [2.75, 3.05) is 18.1 Å². The number of fused-ring (bicyclic) bond motifs is 1. The Labute approximate surface area is 122 Å². The number of hydrogen-bond donors (Lipinski definition) is 0. The first-order chi connectivity index (χ1) is 10.1. The van der Waals surface area contributed by atoms with Gasteiger partial charge in [-0.3, -0.25) is 4.79 Å². The topological polar surface area (TPSA) is 42.4 Å². The average Bonchev–Trinajstić information content (AvgIpc) is 2.49. The van der Waals surface area contributed by atoms with Crippen LogP contribution < -0.4 is 9.64 Å². The number of nitrogens with zero attached hydrogens (tertiary/aromatic N) is 2. The normalized spacial score (nSPS) is 13.5. The molecule has 0 N–H and O–H groups in total. The first-order valence-electron chi connectivity index (χ1n) is 6.78. The zero-order chi connectivity index (χ0) is 14.8. The van der Waals surface area contributed by atoms with Gasteiger partial charge < -0.3 is 9.64 Å². The predicted octanol–water partition coefficient (Wildman–Crippen LogP) is 2.56.